The molecule has 3 aromatic rings. The Morgan fingerprint density at radius 3 is 2.67 bits per heavy atom. The van der Waals surface area contributed by atoms with Gasteiger partial charge in [-0.1, -0.05) is 18.2 Å². The van der Waals surface area contributed by atoms with E-state index in [1.165, 1.54) is 18.2 Å². The van der Waals surface area contributed by atoms with Gasteiger partial charge in [0.15, 0.2) is 11.3 Å². The van der Waals surface area contributed by atoms with E-state index in [9.17, 15) is 24.2 Å². The summed E-state index contributed by atoms with van der Waals surface area (Å²) in [5, 5.41) is 22.4. The van der Waals surface area contributed by atoms with Crippen molar-refractivity contribution >= 4 is 16.9 Å². The summed E-state index contributed by atoms with van der Waals surface area (Å²) in [6.07, 6.45) is 0.125. The lowest BCUT2D eigenvalue weighted by Gasteiger charge is -2.10. The minimum absolute atomic E-state index is 0.124. The topological polar surface area (TPSA) is 99.8 Å². The fourth-order valence-corrected chi connectivity index (χ4v) is 2.89. The van der Waals surface area contributed by atoms with Crippen molar-refractivity contribution < 1.29 is 23.8 Å². The number of fused-ring (bicyclic) bond motifs is 1. The van der Waals surface area contributed by atoms with E-state index in [0.29, 0.717) is 22.9 Å². The zero-order valence-electron chi connectivity index (χ0n) is 14.6. The van der Waals surface area contributed by atoms with Crippen molar-refractivity contribution in [2.45, 2.75) is 19.8 Å². The molecule has 2 aromatic carbocycles. The molecule has 0 atom stereocenters. The lowest BCUT2D eigenvalue weighted by molar-refractivity contribution is -0.120. The van der Waals surface area contributed by atoms with Crippen molar-refractivity contribution in [3.63, 3.8) is 0 Å². The van der Waals surface area contributed by atoms with Crippen molar-refractivity contribution in [3.8, 4) is 11.5 Å². The lowest BCUT2D eigenvalue weighted by atomic mass is 10.0. The molecule has 27 heavy (non-hydrogen) atoms. The van der Waals surface area contributed by atoms with Gasteiger partial charge in [0.25, 0.3) is 0 Å². The highest BCUT2D eigenvalue weighted by Gasteiger charge is 2.18. The zero-order chi connectivity index (χ0) is 19.6. The highest BCUT2D eigenvalue weighted by atomic mass is 19.1. The molecule has 0 radical (unpaired) electrons. The Morgan fingerprint density at radius 2 is 1.93 bits per heavy atom. The van der Waals surface area contributed by atoms with Crippen LogP contribution in [0, 0.1) is 12.7 Å². The first-order valence-electron chi connectivity index (χ1n) is 8.35. The van der Waals surface area contributed by atoms with Crippen LogP contribution in [-0.2, 0) is 17.6 Å². The summed E-state index contributed by atoms with van der Waals surface area (Å²) in [5.41, 5.74) is 0.262. The third-order valence-corrected chi connectivity index (χ3v) is 4.42. The van der Waals surface area contributed by atoms with Gasteiger partial charge in [0.05, 0.1) is 12.0 Å². The second kappa shape index (κ2) is 7.49. The maximum atomic E-state index is 13.6. The fourth-order valence-electron chi connectivity index (χ4n) is 2.89. The maximum Gasteiger partial charge on any atom is 0.340 e. The van der Waals surface area contributed by atoms with Crippen molar-refractivity contribution in [1.82, 2.24) is 5.32 Å². The summed E-state index contributed by atoms with van der Waals surface area (Å²) in [4.78, 5) is 24.4. The predicted molar refractivity (Wildman–Crippen MR) is 97.4 cm³/mol. The van der Waals surface area contributed by atoms with Crippen LogP contribution in [0.15, 0.2) is 45.6 Å². The Labute approximate surface area is 153 Å². The number of hydrogen-bond donors (Lipinski definition) is 3. The lowest BCUT2D eigenvalue weighted by Crippen LogP contribution is -2.29. The number of phenolic OH excluding ortho intramolecular Hbond substituents is 2. The van der Waals surface area contributed by atoms with Crippen molar-refractivity contribution in [3.05, 3.63) is 69.3 Å². The minimum Gasteiger partial charge on any atom is -0.504 e. The smallest absolute Gasteiger partial charge is 0.340 e. The fraction of sp³-hybridized carbons (Fsp3) is 0.200. The largest absolute Gasteiger partial charge is 0.504 e. The Hall–Kier alpha value is -3.35. The summed E-state index contributed by atoms with van der Waals surface area (Å²) in [6.45, 7) is 1.87. The zero-order valence-corrected chi connectivity index (χ0v) is 14.6. The Balaban J connectivity index is 1.74. The molecule has 3 N–H and O–H groups in total. The quantitative estimate of drug-likeness (QED) is 0.473. The number of halogens is 1. The molecule has 0 aliphatic rings. The molecule has 0 bridgehead atoms. The van der Waals surface area contributed by atoms with Gasteiger partial charge in [0.2, 0.25) is 11.7 Å². The van der Waals surface area contributed by atoms with E-state index in [0.717, 1.165) is 0 Å². The highest BCUT2D eigenvalue weighted by molar-refractivity contribution is 5.89. The molecule has 1 amide bonds. The molecular formula is C20H18FNO5. The van der Waals surface area contributed by atoms with Crippen LogP contribution in [0.2, 0.25) is 0 Å². The average Bonchev–Trinajstić information content (AvgIpc) is 2.64. The van der Waals surface area contributed by atoms with Gasteiger partial charge in [0, 0.05) is 11.9 Å². The van der Waals surface area contributed by atoms with Crippen LogP contribution >= 0.6 is 0 Å². The number of nitrogens with one attached hydrogen (secondary N) is 1. The van der Waals surface area contributed by atoms with Crippen LogP contribution in [0.1, 0.15) is 16.7 Å². The molecule has 7 heteroatoms. The number of carbonyl (C=O) groups excluding carboxylic acids is 1. The summed E-state index contributed by atoms with van der Waals surface area (Å²) in [5.74, 6) is -1.65. The van der Waals surface area contributed by atoms with E-state index in [4.69, 9.17) is 4.42 Å². The van der Waals surface area contributed by atoms with Crippen molar-refractivity contribution in [2.24, 2.45) is 0 Å². The first-order chi connectivity index (χ1) is 12.9. The Bertz CT molecular complexity index is 1070. The third-order valence-electron chi connectivity index (χ3n) is 4.42. The van der Waals surface area contributed by atoms with Crippen LogP contribution < -0.4 is 10.9 Å². The van der Waals surface area contributed by atoms with Gasteiger partial charge >= 0.3 is 5.63 Å². The van der Waals surface area contributed by atoms with Gasteiger partial charge in [-0.3, -0.25) is 4.79 Å². The van der Waals surface area contributed by atoms with Gasteiger partial charge in [0.1, 0.15) is 5.82 Å². The molecule has 0 spiro atoms. The van der Waals surface area contributed by atoms with E-state index < -0.39 is 23.0 Å². The summed E-state index contributed by atoms with van der Waals surface area (Å²) < 4.78 is 18.7. The monoisotopic (exact) mass is 371 g/mol. The molecule has 0 saturated heterocycles. The second-order valence-corrected chi connectivity index (χ2v) is 6.17. The molecule has 0 saturated carbocycles. The van der Waals surface area contributed by atoms with Crippen molar-refractivity contribution in [2.75, 3.05) is 6.54 Å². The molecule has 1 aromatic heterocycles. The van der Waals surface area contributed by atoms with E-state index >= 15 is 0 Å². The van der Waals surface area contributed by atoms with E-state index in [1.807, 2.05) is 0 Å². The minimum atomic E-state index is -0.759. The Morgan fingerprint density at radius 1 is 1.19 bits per heavy atom. The van der Waals surface area contributed by atoms with E-state index in [1.54, 1.807) is 25.1 Å². The number of carbonyl (C=O) groups is 1. The normalized spacial score (nSPS) is 10.9. The van der Waals surface area contributed by atoms with E-state index in [2.05, 4.69) is 5.32 Å². The molecule has 0 fully saturated rings. The molecule has 0 unspecified atom stereocenters. The molecule has 1 heterocycles. The van der Waals surface area contributed by atoms with Gasteiger partial charge in [-0.05, 0) is 42.7 Å². The number of aryl methyl sites for hydroxylation is 1. The standard InChI is InChI=1S/C20H18FNO5/c1-11-13-6-7-16(23)18(25)19(13)27-20(26)14(11)10-17(24)22-9-8-12-4-2-3-5-15(12)21/h2-7,23,25H,8-10H2,1H3,(H,22,24). The van der Waals surface area contributed by atoms with E-state index in [-0.39, 0.29) is 29.9 Å². The van der Waals surface area contributed by atoms with Gasteiger partial charge in [-0.15, -0.1) is 0 Å². The third kappa shape index (κ3) is 3.76. The predicted octanol–water partition coefficient (Wildman–Crippen LogP) is 2.55. The highest BCUT2D eigenvalue weighted by Crippen LogP contribution is 2.34. The summed E-state index contributed by atoms with van der Waals surface area (Å²) >= 11 is 0. The van der Waals surface area contributed by atoms with Crippen LogP contribution in [0.3, 0.4) is 0 Å². The number of aromatic hydroxyl groups is 2. The SMILES string of the molecule is Cc1c(CC(=O)NCCc2ccccc2F)c(=O)oc2c(O)c(O)ccc12. The van der Waals surface area contributed by atoms with Crippen LogP contribution in [0.4, 0.5) is 4.39 Å². The number of rotatable bonds is 5. The van der Waals surface area contributed by atoms with Crippen LogP contribution in [0.25, 0.3) is 11.0 Å². The number of benzene rings is 2. The molecule has 6 nitrogen and oxygen atoms in total. The van der Waals surface area contributed by atoms with Crippen molar-refractivity contribution in [1.29, 1.82) is 0 Å². The molecule has 0 aliphatic carbocycles. The summed E-state index contributed by atoms with van der Waals surface area (Å²) in [7, 11) is 0. The average molecular weight is 371 g/mol. The Kier molecular flexibility index (Phi) is 5.12. The molecular weight excluding hydrogens is 353 g/mol. The van der Waals surface area contributed by atoms with Gasteiger partial charge in [-0.25, -0.2) is 9.18 Å². The number of amides is 1. The molecule has 0 aliphatic heterocycles. The second-order valence-electron chi connectivity index (χ2n) is 6.17. The first kappa shape index (κ1) is 18.4. The van der Waals surface area contributed by atoms with Gasteiger partial charge in [-0.2, -0.15) is 0 Å². The number of hydrogen-bond acceptors (Lipinski definition) is 5. The maximum absolute atomic E-state index is 13.6. The molecule has 3 rings (SSSR count). The van der Waals surface area contributed by atoms with Crippen LogP contribution in [0.5, 0.6) is 11.5 Å². The van der Waals surface area contributed by atoms with Gasteiger partial charge < -0.3 is 19.9 Å². The van der Waals surface area contributed by atoms with Crippen LogP contribution in [-0.4, -0.2) is 22.7 Å². The first-order valence-corrected chi connectivity index (χ1v) is 8.35. The summed E-state index contributed by atoms with van der Waals surface area (Å²) in [6, 6.07) is 9.10. The molecule has 140 valence electrons. The number of phenols is 2.